The number of fused-ring (bicyclic) bond motifs is 1. The van der Waals surface area contributed by atoms with Gasteiger partial charge in [0.2, 0.25) is 0 Å². The number of nitrogens with zero attached hydrogens (tertiary/aromatic N) is 2. The molecule has 0 radical (unpaired) electrons. The lowest BCUT2D eigenvalue weighted by Crippen LogP contribution is -2.14. The molecule has 0 aromatic carbocycles. The molecular weight excluding hydrogens is 287 g/mol. The molecule has 0 aliphatic rings. The molecule has 2 aromatic heterocycles. The summed E-state index contributed by atoms with van der Waals surface area (Å²) in [5, 5.41) is -0.340. The number of hydrogen-bond donors (Lipinski definition) is 0. The normalized spacial score (nSPS) is 11.8. The molecule has 0 N–H and O–H groups in total. The van der Waals surface area contributed by atoms with Crippen LogP contribution in [0.4, 0.5) is 4.39 Å². The highest BCUT2D eigenvalue weighted by atomic mass is 32.2. The smallest absolute Gasteiger partial charge is 0.359 e. The van der Waals surface area contributed by atoms with Crippen LogP contribution in [0.1, 0.15) is 24.3 Å². The minimum Gasteiger partial charge on any atom is -0.461 e. The topological polar surface area (TPSA) is 77.7 Å². The van der Waals surface area contributed by atoms with Gasteiger partial charge in [0.25, 0.3) is 0 Å². The number of carbonyl (C=O) groups excluding carboxylic acids is 1. The third-order valence-electron chi connectivity index (χ3n) is 2.68. The van der Waals surface area contributed by atoms with Gasteiger partial charge in [-0.25, -0.2) is 22.6 Å². The number of carbonyl (C=O) groups is 1. The fraction of sp³-hybridized carbons (Fsp3) is 0.333. The molecule has 2 rings (SSSR count). The van der Waals surface area contributed by atoms with Crippen molar-refractivity contribution in [3.05, 3.63) is 29.8 Å². The van der Waals surface area contributed by atoms with Gasteiger partial charge in [0.05, 0.1) is 12.4 Å². The van der Waals surface area contributed by atoms with Crippen molar-refractivity contribution in [2.75, 3.05) is 12.4 Å². The monoisotopic (exact) mass is 300 g/mol. The molecule has 108 valence electrons. The quantitative estimate of drug-likeness (QED) is 0.798. The molecule has 0 amide bonds. The molecule has 0 fully saturated rings. The Morgan fingerprint density at radius 1 is 1.40 bits per heavy atom. The standard InChI is InChI=1S/C12H13FN2O4S/c1-3-19-12(16)10-11(20(17,18)4-2)15-7-8(13)5-6-9(15)14-10/h5-7H,3-4H2,1-2H3. The summed E-state index contributed by atoms with van der Waals surface area (Å²) in [5.74, 6) is -1.70. The largest absolute Gasteiger partial charge is 0.461 e. The molecule has 0 saturated heterocycles. The maximum absolute atomic E-state index is 13.3. The van der Waals surface area contributed by atoms with Crippen LogP contribution in [0.25, 0.3) is 5.65 Å². The Morgan fingerprint density at radius 3 is 2.70 bits per heavy atom. The first kappa shape index (κ1) is 14.4. The van der Waals surface area contributed by atoms with Crippen molar-refractivity contribution < 1.29 is 22.3 Å². The van der Waals surface area contributed by atoms with Crippen LogP contribution in [-0.4, -0.2) is 36.1 Å². The Hall–Kier alpha value is -1.96. The fourth-order valence-corrected chi connectivity index (χ4v) is 2.91. The molecule has 8 heteroatoms. The number of rotatable bonds is 4. The number of esters is 1. The van der Waals surface area contributed by atoms with E-state index in [0.717, 1.165) is 16.7 Å². The highest BCUT2D eigenvalue weighted by Gasteiger charge is 2.28. The van der Waals surface area contributed by atoms with E-state index >= 15 is 0 Å². The average molecular weight is 300 g/mol. The minimum absolute atomic E-state index is 0.0900. The number of sulfone groups is 1. The average Bonchev–Trinajstić information content (AvgIpc) is 2.78. The molecule has 0 aliphatic heterocycles. The summed E-state index contributed by atoms with van der Waals surface area (Å²) in [6.07, 6.45) is 0.980. The lowest BCUT2D eigenvalue weighted by molar-refractivity contribution is 0.0515. The predicted octanol–water partition coefficient (Wildman–Crippen LogP) is 1.44. The van der Waals surface area contributed by atoms with Crippen LogP contribution in [0.2, 0.25) is 0 Å². The predicted molar refractivity (Wildman–Crippen MR) is 68.8 cm³/mol. The molecule has 0 bridgehead atoms. The second kappa shape index (κ2) is 5.20. The summed E-state index contributed by atoms with van der Waals surface area (Å²) in [6, 6.07) is 2.44. The number of hydrogen-bond acceptors (Lipinski definition) is 5. The van der Waals surface area contributed by atoms with E-state index in [1.807, 2.05) is 0 Å². The van der Waals surface area contributed by atoms with Crippen LogP contribution in [0.15, 0.2) is 23.4 Å². The van der Waals surface area contributed by atoms with Gasteiger partial charge < -0.3 is 4.74 Å². The molecule has 0 unspecified atom stereocenters. The van der Waals surface area contributed by atoms with Crippen LogP contribution in [-0.2, 0) is 14.6 Å². The Balaban J connectivity index is 2.81. The number of aromatic nitrogens is 2. The molecule has 20 heavy (non-hydrogen) atoms. The van der Waals surface area contributed by atoms with Crippen LogP contribution in [0, 0.1) is 5.82 Å². The fourth-order valence-electron chi connectivity index (χ4n) is 1.76. The lowest BCUT2D eigenvalue weighted by atomic mass is 10.4. The Labute approximate surface area is 115 Å². The van der Waals surface area contributed by atoms with Crippen molar-refractivity contribution >= 4 is 21.5 Å². The van der Waals surface area contributed by atoms with E-state index in [-0.39, 0.29) is 28.7 Å². The zero-order valence-corrected chi connectivity index (χ0v) is 11.8. The second-order valence-electron chi connectivity index (χ2n) is 3.96. The van der Waals surface area contributed by atoms with Gasteiger partial charge in [-0.15, -0.1) is 0 Å². The van der Waals surface area contributed by atoms with E-state index < -0.39 is 21.6 Å². The first-order valence-electron chi connectivity index (χ1n) is 5.98. The zero-order valence-electron chi connectivity index (χ0n) is 11.0. The molecule has 2 aromatic rings. The van der Waals surface area contributed by atoms with Gasteiger partial charge in [-0.3, -0.25) is 4.40 Å². The summed E-state index contributed by atoms with van der Waals surface area (Å²) < 4.78 is 43.4. The highest BCUT2D eigenvalue weighted by molar-refractivity contribution is 7.91. The van der Waals surface area contributed by atoms with Crippen LogP contribution in [0.5, 0.6) is 0 Å². The van der Waals surface area contributed by atoms with Gasteiger partial charge in [0.1, 0.15) is 11.5 Å². The summed E-state index contributed by atoms with van der Waals surface area (Å²) in [7, 11) is -3.76. The van der Waals surface area contributed by atoms with Gasteiger partial charge in [0, 0.05) is 6.20 Å². The van der Waals surface area contributed by atoms with Crippen molar-refractivity contribution in [2.24, 2.45) is 0 Å². The first-order valence-corrected chi connectivity index (χ1v) is 7.63. The van der Waals surface area contributed by atoms with E-state index in [9.17, 15) is 17.6 Å². The molecule has 0 atom stereocenters. The Bertz CT molecular complexity index is 767. The molecule has 0 spiro atoms. The van der Waals surface area contributed by atoms with Crippen LogP contribution >= 0.6 is 0 Å². The van der Waals surface area contributed by atoms with Crippen LogP contribution < -0.4 is 0 Å². The van der Waals surface area contributed by atoms with E-state index in [1.165, 1.54) is 13.0 Å². The number of halogens is 1. The van der Waals surface area contributed by atoms with Crippen molar-refractivity contribution in [3.8, 4) is 0 Å². The first-order chi connectivity index (χ1) is 9.40. The van der Waals surface area contributed by atoms with E-state index in [4.69, 9.17) is 4.74 Å². The van der Waals surface area contributed by atoms with E-state index in [1.54, 1.807) is 6.92 Å². The molecule has 2 heterocycles. The summed E-state index contributed by atoms with van der Waals surface area (Å²) >= 11 is 0. The third kappa shape index (κ3) is 2.38. The minimum atomic E-state index is -3.76. The van der Waals surface area contributed by atoms with E-state index in [2.05, 4.69) is 4.98 Å². The van der Waals surface area contributed by atoms with Gasteiger partial charge in [-0.05, 0) is 19.1 Å². The van der Waals surface area contributed by atoms with Crippen molar-refractivity contribution in [2.45, 2.75) is 18.9 Å². The van der Waals surface area contributed by atoms with Gasteiger partial charge in [-0.1, -0.05) is 6.92 Å². The van der Waals surface area contributed by atoms with Crippen LogP contribution in [0.3, 0.4) is 0 Å². The Kier molecular flexibility index (Phi) is 3.76. The number of imidazole rings is 1. The molecule has 6 nitrogen and oxygen atoms in total. The summed E-state index contributed by atoms with van der Waals surface area (Å²) in [5.41, 5.74) is -0.152. The number of pyridine rings is 1. The van der Waals surface area contributed by atoms with Gasteiger partial charge in [-0.2, -0.15) is 0 Å². The molecular formula is C12H13FN2O4S. The highest BCUT2D eigenvalue weighted by Crippen LogP contribution is 2.21. The number of ether oxygens (including phenoxy) is 1. The zero-order chi connectivity index (χ0) is 14.9. The summed E-state index contributed by atoms with van der Waals surface area (Å²) in [4.78, 5) is 15.8. The SMILES string of the molecule is CCOC(=O)c1nc2ccc(F)cn2c1S(=O)(=O)CC. The second-order valence-corrected chi connectivity index (χ2v) is 6.16. The molecule has 0 aliphatic carbocycles. The third-order valence-corrected chi connectivity index (χ3v) is 4.42. The Morgan fingerprint density at radius 2 is 2.10 bits per heavy atom. The van der Waals surface area contributed by atoms with E-state index in [0.29, 0.717) is 0 Å². The maximum Gasteiger partial charge on any atom is 0.359 e. The maximum atomic E-state index is 13.3. The molecule has 0 saturated carbocycles. The van der Waals surface area contributed by atoms with Crippen molar-refractivity contribution in [1.82, 2.24) is 9.38 Å². The lowest BCUT2D eigenvalue weighted by Gasteiger charge is -2.04. The van der Waals surface area contributed by atoms with Crippen molar-refractivity contribution in [1.29, 1.82) is 0 Å². The van der Waals surface area contributed by atoms with Crippen molar-refractivity contribution in [3.63, 3.8) is 0 Å². The van der Waals surface area contributed by atoms with Gasteiger partial charge >= 0.3 is 5.97 Å². The van der Waals surface area contributed by atoms with Gasteiger partial charge in [0.15, 0.2) is 20.6 Å². The summed E-state index contributed by atoms with van der Waals surface area (Å²) in [6.45, 7) is 3.12.